The third-order valence-corrected chi connectivity index (χ3v) is 6.25. The number of benzene rings is 1. The molecule has 0 radical (unpaired) electrons. The first-order chi connectivity index (χ1) is 13.6. The van der Waals surface area contributed by atoms with E-state index in [4.69, 9.17) is 4.74 Å². The molecule has 3 unspecified atom stereocenters. The van der Waals surface area contributed by atoms with Gasteiger partial charge in [0.15, 0.2) is 5.96 Å². The maximum atomic E-state index is 6.11. The number of nitrogens with zero attached hydrogens (tertiary/aromatic N) is 4. The fourth-order valence-corrected chi connectivity index (χ4v) is 4.15. The van der Waals surface area contributed by atoms with Gasteiger partial charge in [-0.15, -0.1) is 24.0 Å². The summed E-state index contributed by atoms with van der Waals surface area (Å²) in [6.07, 6.45) is 1.44. The van der Waals surface area contributed by atoms with Crippen molar-refractivity contribution in [2.45, 2.75) is 45.0 Å². The van der Waals surface area contributed by atoms with Gasteiger partial charge in [-0.05, 0) is 26.0 Å². The molecule has 0 spiro atoms. The van der Waals surface area contributed by atoms with Gasteiger partial charge in [-0.2, -0.15) is 0 Å². The molecule has 2 aliphatic rings. The van der Waals surface area contributed by atoms with Crippen molar-refractivity contribution in [2.24, 2.45) is 4.99 Å². The first kappa shape index (κ1) is 24.4. The van der Waals surface area contributed by atoms with E-state index in [9.17, 15) is 0 Å². The fourth-order valence-electron chi connectivity index (χ4n) is 4.15. The van der Waals surface area contributed by atoms with Gasteiger partial charge in [0.25, 0.3) is 0 Å². The lowest BCUT2D eigenvalue weighted by molar-refractivity contribution is -0.0502. The Hall–Kier alpha value is -0.900. The molecule has 29 heavy (non-hydrogen) atoms. The molecule has 2 aliphatic heterocycles. The molecule has 7 heteroatoms. The number of guanidine groups is 1. The third-order valence-electron chi connectivity index (χ3n) is 6.25. The minimum absolute atomic E-state index is 0. The van der Waals surface area contributed by atoms with E-state index in [1.807, 2.05) is 7.05 Å². The zero-order valence-electron chi connectivity index (χ0n) is 18.4. The highest BCUT2D eigenvalue weighted by atomic mass is 127. The number of halogens is 1. The van der Waals surface area contributed by atoms with Gasteiger partial charge in [0.2, 0.25) is 0 Å². The summed E-state index contributed by atoms with van der Waals surface area (Å²) in [5.74, 6) is 0.996. The minimum atomic E-state index is 0. The zero-order chi connectivity index (χ0) is 19.9. The van der Waals surface area contributed by atoms with Crippen molar-refractivity contribution in [1.82, 2.24) is 20.0 Å². The Morgan fingerprint density at radius 3 is 2.76 bits per heavy atom. The number of fused-ring (bicyclic) bond motifs is 1. The summed E-state index contributed by atoms with van der Waals surface area (Å²) in [6.45, 7) is 11.1. The van der Waals surface area contributed by atoms with Crippen LogP contribution in [0.2, 0.25) is 0 Å². The molecule has 0 saturated carbocycles. The molecule has 2 heterocycles. The van der Waals surface area contributed by atoms with E-state index in [1.54, 1.807) is 0 Å². The molecule has 6 nitrogen and oxygen atoms in total. The Bertz CT molecular complexity index is 629. The van der Waals surface area contributed by atoms with E-state index in [0.717, 1.165) is 51.8 Å². The smallest absolute Gasteiger partial charge is 0.193 e. The van der Waals surface area contributed by atoms with Crippen molar-refractivity contribution >= 4 is 29.9 Å². The van der Waals surface area contributed by atoms with Crippen LogP contribution >= 0.6 is 24.0 Å². The number of aliphatic imine (C=N–C) groups is 1. The van der Waals surface area contributed by atoms with Crippen LogP contribution in [-0.4, -0.2) is 92.3 Å². The fraction of sp³-hybridized carbons (Fsp3) is 0.682. The highest BCUT2D eigenvalue weighted by Gasteiger charge is 2.41. The summed E-state index contributed by atoms with van der Waals surface area (Å²) in [5.41, 5.74) is 1.37. The van der Waals surface area contributed by atoms with Gasteiger partial charge in [0, 0.05) is 52.4 Å². The summed E-state index contributed by atoms with van der Waals surface area (Å²) >= 11 is 0. The molecular weight excluding hydrogens is 477 g/mol. The molecule has 2 fully saturated rings. The Balaban J connectivity index is 0.00000300. The number of morpholine rings is 1. The highest BCUT2D eigenvalue weighted by Crippen LogP contribution is 2.24. The van der Waals surface area contributed by atoms with Crippen molar-refractivity contribution in [2.75, 3.05) is 53.4 Å². The summed E-state index contributed by atoms with van der Waals surface area (Å²) in [7, 11) is 4.07. The topological polar surface area (TPSA) is 43.3 Å². The second-order valence-corrected chi connectivity index (χ2v) is 8.05. The second kappa shape index (κ2) is 12.1. The lowest BCUT2D eigenvalue weighted by Gasteiger charge is -2.36. The quantitative estimate of drug-likeness (QED) is 0.344. The van der Waals surface area contributed by atoms with Gasteiger partial charge >= 0.3 is 0 Å². The molecule has 0 aliphatic carbocycles. The molecule has 3 rings (SSSR count). The van der Waals surface area contributed by atoms with Gasteiger partial charge in [0.05, 0.1) is 18.8 Å². The van der Waals surface area contributed by atoms with E-state index in [2.05, 4.69) is 76.2 Å². The maximum absolute atomic E-state index is 6.11. The predicted molar refractivity (Wildman–Crippen MR) is 131 cm³/mol. The number of likely N-dealkylation sites (N-methyl/N-ethyl adjacent to an activating group) is 1. The molecule has 1 N–H and O–H groups in total. The molecule has 0 aromatic heterocycles. The Labute approximate surface area is 193 Å². The first-order valence-electron chi connectivity index (χ1n) is 10.7. The van der Waals surface area contributed by atoms with Crippen LogP contribution in [0.25, 0.3) is 0 Å². The number of likely N-dealkylation sites (tertiary alicyclic amines) is 1. The van der Waals surface area contributed by atoms with Crippen molar-refractivity contribution in [1.29, 1.82) is 0 Å². The monoisotopic (exact) mass is 515 g/mol. The van der Waals surface area contributed by atoms with Gasteiger partial charge in [-0.3, -0.25) is 9.89 Å². The van der Waals surface area contributed by atoms with Gasteiger partial charge in [-0.1, -0.05) is 37.3 Å². The van der Waals surface area contributed by atoms with Crippen molar-refractivity contribution < 1.29 is 4.74 Å². The Morgan fingerprint density at radius 1 is 1.31 bits per heavy atom. The van der Waals surface area contributed by atoms with Gasteiger partial charge in [0.1, 0.15) is 0 Å². The van der Waals surface area contributed by atoms with Gasteiger partial charge < -0.3 is 19.9 Å². The van der Waals surface area contributed by atoms with Crippen LogP contribution < -0.4 is 5.32 Å². The molecule has 1 aromatic carbocycles. The van der Waals surface area contributed by atoms with Gasteiger partial charge in [-0.25, -0.2) is 0 Å². The predicted octanol–water partition coefficient (Wildman–Crippen LogP) is 2.50. The number of hydrogen-bond donors (Lipinski definition) is 1. The van der Waals surface area contributed by atoms with Crippen LogP contribution in [0, 0.1) is 0 Å². The van der Waals surface area contributed by atoms with Crippen molar-refractivity contribution in [3.63, 3.8) is 0 Å². The van der Waals surface area contributed by atoms with E-state index >= 15 is 0 Å². The largest absolute Gasteiger partial charge is 0.373 e. The number of nitrogens with one attached hydrogen (secondary N) is 1. The molecular formula is C22H38IN5O. The molecule has 2 saturated heterocycles. The third kappa shape index (κ3) is 6.54. The van der Waals surface area contributed by atoms with Crippen LogP contribution in [0.3, 0.4) is 0 Å². The van der Waals surface area contributed by atoms with Crippen molar-refractivity contribution in [3.05, 3.63) is 35.9 Å². The lowest BCUT2D eigenvalue weighted by Crippen LogP contribution is -2.50. The molecule has 164 valence electrons. The summed E-state index contributed by atoms with van der Waals surface area (Å²) in [6, 6.07) is 11.8. The first-order valence-corrected chi connectivity index (χ1v) is 10.7. The van der Waals surface area contributed by atoms with E-state index in [1.165, 1.54) is 12.0 Å². The number of ether oxygens (including phenoxy) is 1. The molecule has 0 bridgehead atoms. The number of hydrogen-bond acceptors (Lipinski definition) is 4. The number of rotatable bonds is 7. The summed E-state index contributed by atoms with van der Waals surface area (Å²) < 4.78 is 6.11. The lowest BCUT2D eigenvalue weighted by atomic mass is 10.1. The van der Waals surface area contributed by atoms with E-state index in [0.29, 0.717) is 12.1 Å². The van der Waals surface area contributed by atoms with E-state index in [-0.39, 0.29) is 30.1 Å². The highest BCUT2D eigenvalue weighted by molar-refractivity contribution is 14.0. The Morgan fingerprint density at radius 2 is 2.07 bits per heavy atom. The molecule has 3 atom stereocenters. The summed E-state index contributed by atoms with van der Waals surface area (Å²) in [5, 5.41) is 3.56. The SMILES string of the molecule is CCC(C)N(C)CCNC(=NC)N1CC2OCCN(Cc3ccccc3)C2C1.I. The normalized spacial score (nSPS) is 23.6. The standard InChI is InChI=1S/C22H37N5O.HI/c1-5-18(2)25(4)12-11-24-22(23-3)27-16-20-21(17-27)28-14-13-26(20)15-19-9-7-6-8-10-19;/h6-10,18,20-21H,5,11-17H2,1-4H3,(H,23,24);1H. The average molecular weight is 515 g/mol. The van der Waals surface area contributed by atoms with E-state index < -0.39 is 0 Å². The summed E-state index contributed by atoms with van der Waals surface area (Å²) in [4.78, 5) is 11.9. The Kier molecular flexibility index (Phi) is 10.1. The van der Waals surface area contributed by atoms with Crippen LogP contribution in [-0.2, 0) is 11.3 Å². The van der Waals surface area contributed by atoms with Crippen molar-refractivity contribution in [3.8, 4) is 0 Å². The zero-order valence-corrected chi connectivity index (χ0v) is 20.7. The van der Waals surface area contributed by atoms with Crippen LogP contribution in [0.4, 0.5) is 0 Å². The molecule has 0 amide bonds. The van der Waals surface area contributed by atoms with Crippen LogP contribution in [0.5, 0.6) is 0 Å². The maximum Gasteiger partial charge on any atom is 0.193 e. The molecule has 1 aromatic rings. The van der Waals surface area contributed by atoms with Crippen LogP contribution in [0.15, 0.2) is 35.3 Å². The van der Waals surface area contributed by atoms with Crippen LogP contribution in [0.1, 0.15) is 25.8 Å². The minimum Gasteiger partial charge on any atom is -0.373 e. The second-order valence-electron chi connectivity index (χ2n) is 8.05. The average Bonchev–Trinajstić information content (AvgIpc) is 3.16.